The predicted octanol–water partition coefficient (Wildman–Crippen LogP) is 2.75. The molecule has 0 aromatic carbocycles. The molecule has 2 aliphatic heterocycles. The highest BCUT2D eigenvalue weighted by Crippen LogP contribution is 2.37. The minimum atomic E-state index is -4.50. The van der Waals surface area contributed by atoms with Gasteiger partial charge in [0.15, 0.2) is 0 Å². The summed E-state index contributed by atoms with van der Waals surface area (Å²) >= 11 is 0. The summed E-state index contributed by atoms with van der Waals surface area (Å²) in [5.74, 6) is 0.730. The smallest absolute Gasteiger partial charge is 0.433 e. The highest BCUT2D eigenvalue weighted by Gasteiger charge is 2.39. The Bertz CT molecular complexity index is 966. The summed E-state index contributed by atoms with van der Waals surface area (Å²) in [4.78, 5) is 24.3. The summed E-state index contributed by atoms with van der Waals surface area (Å²) in [6, 6.07) is 1.26. The molecule has 31 heavy (non-hydrogen) atoms. The lowest BCUT2D eigenvalue weighted by atomic mass is 10.0. The van der Waals surface area contributed by atoms with Gasteiger partial charge >= 0.3 is 6.18 Å². The number of anilines is 1. The van der Waals surface area contributed by atoms with Gasteiger partial charge in [0.2, 0.25) is 5.88 Å². The maximum atomic E-state index is 13.1. The van der Waals surface area contributed by atoms with Crippen molar-refractivity contribution in [3.8, 4) is 5.88 Å². The molecule has 2 fully saturated rings. The van der Waals surface area contributed by atoms with E-state index in [1.807, 2.05) is 4.90 Å². The number of halogens is 3. The number of piperidine rings is 1. The van der Waals surface area contributed by atoms with Crippen LogP contribution in [-0.4, -0.2) is 62.3 Å². The van der Waals surface area contributed by atoms with E-state index >= 15 is 0 Å². The third-order valence-corrected chi connectivity index (χ3v) is 6.07. The van der Waals surface area contributed by atoms with Crippen molar-refractivity contribution in [1.29, 1.82) is 0 Å². The Morgan fingerprint density at radius 3 is 2.55 bits per heavy atom. The fourth-order valence-electron chi connectivity index (χ4n) is 4.40. The number of carbonyl (C=O) groups is 1. The van der Waals surface area contributed by atoms with Gasteiger partial charge < -0.3 is 14.5 Å². The summed E-state index contributed by atoms with van der Waals surface area (Å²) in [5.41, 5.74) is -0.454. The van der Waals surface area contributed by atoms with Crippen LogP contribution in [0, 0.1) is 0 Å². The number of likely N-dealkylation sites (tertiary alicyclic amines) is 1. The zero-order valence-electron chi connectivity index (χ0n) is 16.9. The third kappa shape index (κ3) is 3.92. The molecular weight excluding hydrogens is 413 g/mol. The molecule has 3 aliphatic rings. The number of hydrogen-bond acceptors (Lipinski definition) is 6. The van der Waals surface area contributed by atoms with Gasteiger partial charge in [-0.05, 0) is 25.7 Å². The second-order valence-electron chi connectivity index (χ2n) is 8.21. The van der Waals surface area contributed by atoms with Crippen LogP contribution < -0.4 is 9.64 Å². The molecule has 0 N–H and O–H groups in total. The van der Waals surface area contributed by atoms with Gasteiger partial charge in [0, 0.05) is 44.2 Å². The van der Waals surface area contributed by atoms with Crippen LogP contribution in [0.4, 0.5) is 19.0 Å². The van der Waals surface area contributed by atoms with Crippen LogP contribution in [0.3, 0.4) is 0 Å². The van der Waals surface area contributed by atoms with Crippen molar-refractivity contribution in [1.82, 2.24) is 24.6 Å². The van der Waals surface area contributed by atoms with Crippen LogP contribution >= 0.6 is 0 Å². The lowest BCUT2D eigenvalue weighted by Gasteiger charge is -2.39. The molecule has 166 valence electrons. The van der Waals surface area contributed by atoms with Gasteiger partial charge in [-0.3, -0.25) is 4.79 Å². The van der Waals surface area contributed by atoms with Crippen LogP contribution in [0.15, 0.2) is 18.6 Å². The van der Waals surface area contributed by atoms with E-state index < -0.39 is 11.9 Å². The fraction of sp³-hybridized carbons (Fsp3) is 0.600. The van der Waals surface area contributed by atoms with E-state index in [4.69, 9.17) is 4.74 Å². The Hall–Kier alpha value is -2.85. The number of amides is 1. The highest BCUT2D eigenvalue weighted by molar-refractivity contribution is 5.96. The Kier molecular flexibility index (Phi) is 4.98. The van der Waals surface area contributed by atoms with Gasteiger partial charge in [-0.25, -0.2) is 14.6 Å². The molecule has 1 aliphatic carbocycles. The number of hydrogen-bond donors (Lipinski definition) is 0. The second-order valence-corrected chi connectivity index (χ2v) is 8.21. The van der Waals surface area contributed by atoms with Crippen molar-refractivity contribution in [2.75, 3.05) is 24.6 Å². The van der Waals surface area contributed by atoms with Gasteiger partial charge in [0.1, 0.15) is 23.4 Å². The summed E-state index contributed by atoms with van der Waals surface area (Å²) in [5, 5.41) is 4.24. The molecule has 1 amide bonds. The van der Waals surface area contributed by atoms with E-state index in [-0.39, 0.29) is 18.0 Å². The monoisotopic (exact) mass is 436 g/mol. The van der Waals surface area contributed by atoms with Crippen LogP contribution in [0.1, 0.15) is 48.2 Å². The quantitative estimate of drug-likeness (QED) is 0.734. The van der Waals surface area contributed by atoms with E-state index in [1.165, 1.54) is 0 Å². The van der Waals surface area contributed by atoms with Crippen LogP contribution in [-0.2, 0) is 12.7 Å². The van der Waals surface area contributed by atoms with Gasteiger partial charge in [0.25, 0.3) is 5.91 Å². The van der Waals surface area contributed by atoms with Crippen LogP contribution in [0.25, 0.3) is 0 Å². The molecule has 0 spiro atoms. The number of aryl methyl sites for hydroxylation is 1. The molecule has 1 saturated heterocycles. The number of alkyl halides is 3. The number of ether oxygens (including phenoxy) is 1. The average Bonchev–Trinajstić information content (AvgIpc) is 3.51. The van der Waals surface area contributed by atoms with Crippen molar-refractivity contribution in [3.63, 3.8) is 0 Å². The topological polar surface area (TPSA) is 76.4 Å². The molecule has 0 atom stereocenters. The molecule has 0 unspecified atom stereocenters. The van der Waals surface area contributed by atoms with Crippen LogP contribution in [0.5, 0.6) is 5.88 Å². The van der Waals surface area contributed by atoms with E-state index in [0.717, 1.165) is 38.2 Å². The van der Waals surface area contributed by atoms with Crippen LogP contribution in [0.2, 0.25) is 0 Å². The third-order valence-electron chi connectivity index (χ3n) is 6.07. The fourth-order valence-corrected chi connectivity index (χ4v) is 4.40. The molecular formula is C20H23F3N6O2. The maximum Gasteiger partial charge on any atom is 0.433 e. The number of rotatable bonds is 4. The van der Waals surface area contributed by atoms with E-state index in [1.54, 1.807) is 15.8 Å². The Labute approximate surface area is 177 Å². The summed E-state index contributed by atoms with van der Waals surface area (Å²) in [6.07, 6.45) is 2.10. The van der Waals surface area contributed by atoms with Gasteiger partial charge in [-0.2, -0.15) is 18.3 Å². The first-order valence-corrected chi connectivity index (χ1v) is 10.6. The van der Waals surface area contributed by atoms with Crippen molar-refractivity contribution in [2.45, 2.75) is 56.9 Å². The Morgan fingerprint density at radius 2 is 1.84 bits per heavy atom. The molecule has 8 nitrogen and oxygen atoms in total. The molecule has 11 heteroatoms. The second kappa shape index (κ2) is 7.69. The van der Waals surface area contributed by atoms with Gasteiger partial charge in [-0.15, -0.1) is 0 Å². The van der Waals surface area contributed by atoms with Crippen molar-refractivity contribution in [2.24, 2.45) is 0 Å². The predicted molar refractivity (Wildman–Crippen MR) is 104 cm³/mol. The first-order chi connectivity index (χ1) is 14.9. The van der Waals surface area contributed by atoms with Crippen molar-refractivity contribution >= 4 is 11.7 Å². The van der Waals surface area contributed by atoms with Crippen molar-refractivity contribution < 1.29 is 22.7 Å². The van der Waals surface area contributed by atoms with E-state index in [0.29, 0.717) is 49.8 Å². The lowest BCUT2D eigenvalue weighted by Crippen LogP contribution is -2.48. The summed E-state index contributed by atoms with van der Waals surface area (Å²) in [6.45, 7) is 2.35. The lowest BCUT2D eigenvalue weighted by molar-refractivity contribution is -0.141. The number of carbonyl (C=O) groups excluding carboxylic acids is 1. The molecule has 0 bridgehead atoms. The number of nitrogens with zero attached hydrogens (tertiary/aromatic N) is 6. The first kappa shape index (κ1) is 20.1. The Balaban J connectivity index is 1.29. The summed E-state index contributed by atoms with van der Waals surface area (Å²) in [7, 11) is 0. The maximum absolute atomic E-state index is 13.1. The minimum Gasteiger partial charge on any atom is -0.477 e. The largest absolute Gasteiger partial charge is 0.477 e. The molecule has 2 aromatic rings. The van der Waals surface area contributed by atoms with E-state index in [2.05, 4.69) is 15.1 Å². The molecule has 4 heterocycles. The SMILES string of the molecule is O=C(c1cnn2c1OCCC2)N1CCC(N(c2cc(C(F)(F)F)ncn2)C2CC2)CC1. The normalized spacial score (nSPS) is 19.6. The first-order valence-electron chi connectivity index (χ1n) is 10.6. The van der Waals surface area contributed by atoms with Gasteiger partial charge in [0.05, 0.1) is 12.8 Å². The summed E-state index contributed by atoms with van der Waals surface area (Å²) < 4.78 is 46.7. The number of aromatic nitrogens is 4. The molecule has 5 rings (SSSR count). The standard InChI is InChI=1S/C20H23F3N6O2/c21-20(22,23)16-10-17(25-12-24-16)29(13-2-3-13)14-4-7-27(8-5-14)18(30)15-11-26-28-6-1-9-31-19(15)28/h10-14H,1-9H2. The molecule has 1 saturated carbocycles. The molecule has 0 radical (unpaired) electrons. The zero-order valence-corrected chi connectivity index (χ0v) is 16.9. The zero-order chi connectivity index (χ0) is 21.6. The highest BCUT2D eigenvalue weighted by atomic mass is 19.4. The van der Waals surface area contributed by atoms with Gasteiger partial charge in [-0.1, -0.05) is 0 Å². The Morgan fingerprint density at radius 1 is 1.10 bits per heavy atom. The average molecular weight is 436 g/mol. The minimum absolute atomic E-state index is 0.0323. The van der Waals surface area contributed by atoms with E-state index in [9.17, 15) is 18.0 Å². The molecule has 2 aromatic heterocycles. The van der Waals surface area contributed by atoms with Crippen molar-refractivity contribution in [3.05, 3.63) is 29.8 Å². The number of fused-ring (bicyclic) bond motifs is 1.